The summed E-state index contributed by atoms with van der Waals surface area (Å²) in [5.74, 6) is 0.169. The minimum Gasteiger partial charge on any atom is -0.492 e. The van der Waals surface area contributed by atoms with E-state index >= 15 is 0 Å². The Morgan fingerprint density at radius 2 is 1.62 bits per heavy atom. The van der Waals surface area contributed by atoms with E-state index in [0.717, 1.165) is 16.7 Å². The van der Waals surface area contributed by atoms with Crippen molar-refractivity contribution in [1.82, 2.24) is 4.90 Å². The molecule has 8 nitrogen and oxygen atoms in total. The molecule has 3 aromatic rings. The highest BCUT2D eigenvalue weighted by atomic mass is 79.9. The van der Waals surface area contributed by atoms with Gasteiger partial charge >= 0.3 is 10.1 Å². The second kappa shape index (κ2) is 12.6. The largest absolute Gasteiger partial charge is 0.492 e. The molecule has 0 radical (unpaired) electrons. The molecule has 4 rings (SSSR count). The summed E-state index contributed by atoms with van der Waals surface area (Å²) in [6.07, 6.45) is 1.52. The number of carbonyl (C=O) groups excluding carboxylic acids is 2. The van der Waals surface area contributed by atoms with Gasteiger partial charge in [0.1, 0.15) is 17.3 Å². The van der Waals surface area contributed by atoms with Crippen LogP contribution in [0.25, 0.3) is 6.08 Å². The lowest BCUT2D eigenvalue weighted by Gasteiger charge is -2.15. The SMILES string of the molecule is CCOc1cc(/C=C2\SC(=O)N(CCOc3ccc(Cl)cc3)C2=O)cc(Br)c1OS(=O)(=O)c1ccc(Cl)cc1. The van der Waals surface area contributed by atoms with E-state index in [1.54, 1.807) is 37.3 Å². The zero-order valence-corrected chi connectivity index (χ0v) is 25.0. The summed E-state index contributed by atoms with van der Waals surface area (Å²) in [5, 5.41) is 0.525. The molecular weight excluding hydrogens is 653 g/mol. The average molecular weight is 673 g/mol. The molecule has 1 aliphatic heterocycles. The first-order valence-electron chi connectivity index (χ1n) is 11.4. The average Bonchev–Trinajstić information content (AvgIpc) is 3.15. The predicted molar refractivity (Wildman–Crippen MR) is 154 cm³/mol. The van der Waals surface area contributed by atoms with Gasteiger partial charge in [-0.1, -0.05) is 23.2 Å². The number of imide groups is 1. The Hall–Kier alpha value is -2.70. The fraction of sp³-hybridized carbons (Fsp3) is 0.154. The normalized spacial score (nSPS) is 14.7. The summed E-state index contributed by atoms with van der Waals surface area (Å²) in [7, 11) is -4.20. The number of rotatable bonds is 10. The number of ether oxygens (including phenoxy) is 2. The van der Waals surface area contributed by atoms with Gasteiger partial charge in [0.15, 0.2) is 11.5 Å². The molecule has 0 atom stereocenters. The number of benzene rings is 3. The maximum atomic E-state index is 12.9. The van der Waals surface area contributed by atoms with Crippen molar-refractivity contribution in [2.75, 3.05) is 19.8 Å². The summed E-state index contributed by atoms with van der Waals surface area (Å²) in [6, 6.07) is 15.4. The first kappa shape index (κ1) is 29.3. The highest BCUT2D eigenvalue weighted by Gasteiger charge is 2.35. The van der Waals surface area contributed by atoms with Gasteiger partial charge in [0.25, 0.3) is 11.1 Å². The minimum atomic E-state index is -4.20. The van der Waals surface area contributed by atoms with Crippen molar-refractivity contribution < 1.29 is 31.7 Å². The zero-order chi connectivity index (χ0) is 28.2. The number of thioether (sulfide) groups is 1. The Labute approximate surface area is 248 Å². The standard InChI is InChI=1S/C26H20BrCl2NO7S2/c1-2-35-22-14-16(13-21(27)24(22)37-39(33,34)20-9-5-18(29)6-10-20)15-23-25(31)30(26(32)38-23)11-12-36-19-7-3-17(28)4-8-19/h3-10,13-15H,2,11-12H2,1H3/b23-15-. The van der Waals surface area contributed by atoms with Crippen molar-refractivity contribution in [2.24, 2.45) is 0 Å². The van der Waals surface area contributed by atoms with Crippen molar-refractivity contribution in [3.05, 3.63) is 85.7 Å². The Morgan fingerprint density at radius 1 is 0.974 bits per heavy atom. The molecule has 3 aromatic carbocycles. The molecule has 204 valence electrons. The number of hydrogen-bond donors (Lipinski definition) is 0. The highest BCUT2D eigenvalue weighted by molar-refractivity contribution is 9.10. The number of halogens is 3. The fourth-order valence-electron chi connectivity index (χ4n) is 3.40. The molecule has 0 saturated carbocycles. The molecular formula is C26H20BrCl2NO7S2. The summed E-state index contributed by atoms with van der Waals surface area (Å²) >= 11 is 15.9. The summed E-state index contributed by atoms with van der Waals surface area (Å²) in [4.78, 5) is 26.6. The van der Waals surface area contributed by atoms with Crippen LogP contribution in [0.5, 0.6) is 17.2 Å². The van der Waals surface area contributed by atoms with Gasteiger partial charge in [-0.3, -0.25) is 14.5 Å². The lowest BCUT2D eigenvalue weighted by molar-refractivity contribution is -0.123. The first-order valence-corrected chi connectivity index (χ1v) is 15.1. The molecule has 0 aromatic heterocycles. The van der Waals surface area contributed by atoms with Gasteiger partial charge in [0, 0.05) is 10.0 Å². The third-order valence-electron chi connectivity index (χ3n) is 5.20. The van der Waals surface area contributed by atoms with Crippen LogP contribution < -0.4 is 13.7 Å². The van der Waals surface area contributed by atoms with Crippen molar-refractivity contribution in [1.29, 1.82) is 0 Å². The molecule has 0 aliphatic carbocycles. The molecule has 2 amide bonds. The van der Waals surface area contributed by atoms with Crippen LogP contribution in [0.2, 0.25) is 10.0 Å². The highest BCUT2D eigenvalue weighted by Crippen LogP contribution is 2.40. The Kier molecular flexibility index (Phi) is 9.50. The topological polar surface area (TPSA) is 99.2 Å². The Balaban J connectivity index is 1.52. The maximum absolute atomic E-state index is 12.9. The van der Waals surface area contributed by atoms with E-state index in [-0.39, 0.29) is 45.5 Å². The van der Waals surface area contributed by atoms with Crippen LogP contribution in [-0.4, -0.2) is 44.2 Å². The van der Waals surface area contributed by atoms with Crippen LogP contribution >= 0.6 is 50.9 Å². The van der Waals surface area contributed by atoms with Crippen molar-refractivity contribution in [2.45, 2.75) is 11.8 Å². The predicted octanol–water partition coefficient (Wildman–Crippen LogP) is 7.04. The molecule has 0 N–H and O–H groups in total. The molecule has 1 aliphatic rings. The van der Waals surface area contributed by atoms with Crippen LogP contribution in [-0.2, 0) is 14.9 Å². The van der Waals surface area contributed by atoms with Crippen LogP contribution in [0.15, 0.2) is 74.9 Å². The summed E-state index contributed by atoms with van der Waals surface area (Å²) in [6.45, 7) is 2.13. The van der Waals surface area contributed by atoms with E-state index in [0.29, 0.717) is 21.4 Å². The molecule has 0 unspecified atom stereocenters. The molecule has 1 saturated heterocycles. The van der Waals surface area contributed by atoms with Gasteiger partial charge in [-0.25, -0.2) is 0 Å². The zero-order valence-electron chi connectivity index (χ0n) is 20.2. The number of hydrogen-bond acceptors (Lipinski definition) is 8. The Morgan fingerprint density at radius 3 is 2.26 bits per heavy atom. The smallest absolute Gasteiger partial charge is 0.339 e. The van der Waals surface area contributed by atoms with Crippen LogP contribution in [0.3, 0.4) is 0 Å². The molecule has 13 heteroatoms. The van der Waals surface area contributed by atoms with Crippen LogP contribution in [0, 0.1) is 0 Å². The van der Waals surface area contributed by atoms with E-state index in [2.05, 4.69) is 15.9 Å². The number of amides is 2. The third kappa shape index (κ3) is 7.29. The molecule has 1 fully saturated rings. The second-order valence-corrected chi connectivity index (χ2v) is 12.2. The third-order valence-corrected chi connectivity index (χ3v) is 8.43. The van der Waals surface area contributed by atoms with E-state index in [9.17, 15) is 18.0 Å². The van der Waals surface area contributed by atoms with Gasteiger partial charge in [-0.05, 0) is 107 Å². The summed E-state index contributed by atoms with van der Waals surface area (Å²) < 4.78 is 42.6. The molecule has 0 bridgehead atoms. The molecule has 39 heavy (non-hydrogen) atoms. The molecule has 1 heterocycles. The lowest BCUT2D eigenvalue weighted by atomic mass is 10.2. The van der Waals surface area contributed by atoms with Crippen molar-refractivity contribution in [3.63, 3.8) is 0 Å². The number of nitrogens with zero attached hydrogens (tertiary/aromatic N) is 1. The number of carbonyl (C=O) groups is 2. The van der Waals surface area contributed by atoms with Gasteiger partial charge in [0.2, 0.25) is 0 Å². The minimum absolute atomic E-state index is 0.0589. The lowest BCUT2D eigenvalue weighted by Crippen LogP contribution is -2.32. The monoisotopic (exact) mass is 671 g/mol. The quantitative estimate of drug-likeness (QED) is 0.167. The van der Waals surface area contributed by atoms with E-state index < -0.39 is 21.3 Å². The van der Waals surface area contributed by atoms with Crippen LogP contribution in [0.4, 0.5) is 4.79 Å². The second-order valence-electron chi connectivity index (χ2n) is 7.89. The fourth-order valence-corrected chi connectivity index (χ4v) is 6.13. The van der Waals surface area contributed by atoms with Gasteiger partial charge < -0.3 is 13.7 Å². The van der Waals surface area contributed by atoms with E-state index in [1.807, 2.05) is 0 Å². The summed E-state index contributed by atoms with van der Waals surface area (Å²) in [5.41, 5.74) is 0.490. The first-order chi connectivity index (χ1) is 18.6. The Bertz CT molecular complexity index is 1530. The van der Waals surface area contributed by atoms with Crippen molar-refractivity contribution >= 4 is 78.2 Å². The maximum Gasteiger partial charge on any atom is 0.339 e. The van der Waals surface area contributed by atoms with Gasteiger partial charge in [0.05, 0.1) is 22.5 Å². The van der Waals surface area contributed by atoms with Crippen molar-refractivity contribution in [3.8, 4) is 17.2 Å². The van der Waals surface area contributed by atoms with E-state index in [1.165, 1.54) is 36.4 Å². The van der Waals surface area contributed by atoms with Gasteiger partial charge in [-0.2, -0.15) is 8.42 Å². The van der Waals surface area contributed by atoms with E-state index in [4.69, 9.17) is 36.9 Å². The van der Waals surface area contributed by atoms with Gasteiger partial charge in [-0.15, -0.1) is 0 Å². The van der Waals surface area contributed by atoms with Crippen LogP contribution in [0.1, 0.15) is 12.5 Å². The molecule has 0 spiro atoms.